The van der Waals surface area contributed by atoms with Crippen LogP contribution in [0.5, 0.6) is 0 Å². The van der Waals surface area contributed by atoms with Crippen LogP contribution in [0.2, 0.25) is 15.1 Å². The van der Waals surface area contributed by atoms with Crippen molar-refractivity contribution in [1.82, 2.24) is 13.8 Å². The molecule has 6 heteroatoms. The van der Waals surface area contributed by atoms with Crippen LogP contribution in [0.15, 0.2) is 85.1 Å². The van der Waals surface area contributed by atoms with Crippen molar-refractivity contribution < 1.29 is 0 Å². The molecule has 0 unspecified atom stereocenters. The number of fused-ring (bicyclic) bond motifs is 5. The predicted octanol–water partition coefficient (Wildman–Crippen LogP) is 7.96. The molecule has 3 heterocycles. The van der Waals surface area contributed by atoms with E-state index in [0.29, 0.717) is 15.1 Å². The lowest BCUT2D eigenvalue weighted by Crippen LogP contribution is -2.07. The number of aromatic nitrogens is 3. The largest absolute Gasteiger partial charge is 0.315 e. The van der Waals surface area contributed by atoms with Crippen molar-refractivity contribution in [3.63, 3.8) is 0 Å². The molecular weight excluding hydrogens is 461 g/mol. The summed E-state index contributed by atoms with van der Waals surface area (Å²) >= 11 is 19.0. The highest BCUT2D eigenvalue weighted by Gasteiger charge is 2.20. The maximum atomic E-state index is 6.44. The maximum Gasteiger partial charge on any atom is 0.162 e. The van der Waals surface area contributed by atoms with Crippen molar-refractivity contribution in [2.75, 3.05) is 0 Å². The first-order valence-electron chi connectivity index (χ1n) is 10.2. The Labute approximate surface area is 199 Å². The lowest BCUT2D eigenvalue weighted by atomic mass is 10.0. The van der Waals surface area contributed by atoms with Crippen LogP contribution in [0.25, 0.3) is 33.5 Å². The lowest BCUT2D eigenvalue weighted by molar-refractivity contribution is 0.981. The summed E-state index contributed by atoms with van der Waals surface area (Å²) in [5.74, 6) is 0. The van der Waals surface area contributed by atoms with Gasteiger partial charge in [0.25, 0.3) is 0 Å². The van der Waals surface area contributed by atoms with E-state index in [9.17, 15) is 0 Å². The van der Waals surface area contributed by atoms with Gasteiger partial charge in [-0.15, -0.1) is 0 Å². The van der Waals surface area contributed by atoms with Crippen LogP contribution in [0.4, 0.5) is 0 Å². The Balaban J connectivity index is 1.80. The van der Waals surface area contributed by atoms with Crippen molar-refractivity contribution in [2.45, 2.75) is 6.42 Å². The Kier molecular flexibility index (Phi) is 4.65. The van der Waals surface area contributed by atoms with Crippen molar-refractivity contribution in [1.29, 1.82) is 0 Å². The highest BCUT2D eigenvalue weighted by atomic mass is 35.5. The number of rotatable bonds is 3. The summed E-state index contributed by atoms with van der Waals surface area (Å²) in [6, 6.07) is 26.2. The van der Waals surface area contributed by atoms with Gasteiger partial charge in [-0.05, 0) is 42.0 Å². The van der Waals surface area contributed by atoms with Gasteiger partial charge in [0.05, 0.1) is 38.0 Å². The molecule has 156 valence electrons. The standard InChI is InChI=1S/C26H16Cl3N3/c27-18-10-8-17(9-11-18)25-24(13-16-5-2-1-3-6-16)31-12-4-7-22(31)26-30-21-14-19(28)20(29)15-23(21)32(25)26/h1-12,14-15H,13H2. The molecule has 0 saturated carbocycles. The molecule has 0 aliphatic rings. The topological polar surface area (TPSA) is 21.7 Å². The smallest absolute Gasteiger partial charge is 0.162 e. The summed E-state index contributed by atoms with van der Waals surface area (Å²) in [7, 11) is 0. The molecule has 0 bridgehead atoms. The third kappa shape index (κ3) is 3.08. The van der Waals surface area contributed by atoms with E-state index in [1.54, 1.807) is 0 Å². The molecule has 0 N–H and O–H groups in total. The number of benzene rings is 3. The molecule has 0 aliphatic carbocycles. The van der Waals surface area contributed by atoms with E-state index >= 15 is 0 Å². The van der Waals surface area contributed by atoms with Crippen molar-refractivity contribution in [3.05, 3.63) is 111 Å². The molecule has 32 heavy (non-hydrogen) atoms. The van der Waals surface area contributed by atoms with Crippen molar-refractivity contribution in [2.24, 2.45) is 0 Å². The second-order valence-electron chi connectivity index (χ2n) is 7.75. The summed E-state index contributed by atoms with van der Waals surface area (Å²) in [5.41, 5.74) is 8.06. The Morgan fingerprint density at radius 2 is 1.50 bits per heavy atom. The van der Waals surface area contributed by atoms with Gasteiger partial charge in [0, 0.05) is 23.2 Å². The van der Waals surface area contributed by atoms with Crippen LogP contribution in [-0.2, 0) is 6.42 Å². The fraction of sp³-hybridized carbons (Fsp3) is 0.0385. The number of hydrogen-bond acceptors (Lipinski definition) is 1. The number of halogens is 3. The SMILES string of the molecule is Clc1ccc(-c2c(Cc3ccccc3)n3cccc3c3nc4cc(Cl)c(Cl)cc4n23)cc1. The number of nitrogens with zero attached hydrogens (tertiary/aromatic N) is 3. The van der Waals surface area contributed by atoms with E-state index in [1.165, 1.54) is 5.56 Å². The zero-order chi connectivity index (χ0) is 21.8. The van der Waals surface area contributed by atoms with Gasteiger partial charge < -0.3 is 4.40 Å². The van der Waals surface area contributed by atoms with Crippen molar-refractivity contribution in [3.8, 4) is 11.3 Å². The van der Waals surface area contributed by atoms with Gasteiger partial charge in [-0.1, -0.05) is 77.3 Å². The van der Waals surface area contributed by atoms with Crippen molar-refractivity contribution >= 4 is 57.0 Å². The Bertz CT molecular complexity index is 1610. The van der Waals surface area contributed by atoms with Crippen LogP contribution in [-0.4, -0.2) is 13.8 Å². The van der Waals surface area contributed by atoms with Crippen LogP contribution in [0.3, 0.4) is 0 Å². The molecule has 0 amide bonds. The van der Waals surface area contributed by atoms with Gasteiger partial charge in [0.1, 0.15) is 0 Å². The van der Waals surface area contributed by atoms with Gasteiger partial charge in [-0.3, -0.25) is 4.40 Å². The van der Waals surface area contributed by atoms with Gasteiger partial charge in [0.2, 0.25) is 0 Å². The maximum absolute atomic E-state index is 6.44. The van der Waals surface area contributed by atoms with Gasteiger partial charge in [-0.2, -0.15) is 0 Å². The second kappa shape index (κ2) is 7.56. The zero-order valence-electron chi connectivity index (χ0n) is 16.8. The summed E-state index contributed by atoms with van der Waals surface area (Å²) in [6.45, 7) is 0. The number of imidazole rings is 1. The second-order valence-corrected chi connectivity index (χ2v) is 9.00. The molecule has 0 radical (unpaired) electrons. The molecule has 6 rings (SSSR count). The fourth-order valence-corrected chi connectivity index (χ4v) is 4.82. The first-order valence-corrected chi connectivity index (χ1v) is 11.3. The molecule has 0 spiro atoms. The molecule has 0 atom stereocenters. The summed E-state index contributed by atoms with van der Waals surface area (Å²) in [6.07, 6.45) is 2.84. The normalized spacial score (nSPS) is 11.7. The molecule has 0 saturated heterocycles. The van der Waals surface area contributed by atoms with E-state index < -0.39 is 0 Å². The highest BCUT2D eigenvalue weighted by Crippen LogP contribution is 2.36. The quantitative estimate of drug-likeness (QED) is 0.254. The Morgan fingerprint density at radius 3 is 2.28 bits per heavy atom. The van der Waals surface area contributed by atoms with E-state index in [1.807, 2.05) is 42.5 Å². The lowest BCUT2D eigenvalue weighted by Gasteiger charge is -2.17. The molecule has 3 aromatic carbocycles. The third-order valence-electron chi connectivity index (χ3n) is 5.79. The summed E-state index contributed by atoms with van der Waals surface area (Å²) < 4.78 is 4.41. The Morgan fingerprint density at radius 1 is 0.750 bits per heavy atom. The predicted molar refractivity (Wildman–Crippen MR) is 133 cm³/mol. The van der Waals surface area contributed by atoms with Gasteiger partial charge >= 0.3 is 0 Å². The molecule has 0 aliphatic heterocycles. The number of hydrogen-bond donors (Lipinski definition) is 0. The fourth-order valence-electron chi connectivity index (χ4n) is 4.37. The molecular formula is C26H16Cl3N3. The molecule has 3 nitrogen and oxygen atoms in total. The minimum absolute atomic E-state index is 0.492. The van der Waals surface area contributed by atoms with Crippen LogP contribution >= 0.6 is 34.8 Å². The molecule has 0 fully saturated rings. The van der Waals surface area contributed by atoms with E-state index in [0.717, 1.165) is 45.6 Å². The minimum atomic E-state index is 0.492. The van der Waals surface area contributed by atoms with Crippen LogP contribution < -0.4 is 0 Å². The third-order valence-corrected chi connectivity index (χ3v) is 6.77. The van der Waals surface area contributed by atoms with E-state index in [-0.39, 0.29) is 0 Å². The van der Waals surface area contributed by atoms with Gasteiger partial charge in [-0.25, -0.2) is 4.98 Å². The summed E-state index contributed by atoms with van der Waals surface area (Å²) in [5, 5.41) is 1.69. The van der Waals surface area contributed by atoms with Gasteiger partial charge in [0.15, 0.2) is 5.65 Å². The summed E-state index contributed by atoms with van der Waals surface area (Å²) in [4.78, 5) is 4.94. The molecule has 3 aromatic heterocycles. The van der Waals surface area contributed by atoms with E-state index in [2.05, 4.69) is 51.4 Å². The average molecular weight is 477 g/mol. The Hall–Kier alpha value is -2.98. The minimum Gasteiger partial charge on any atom is -0.315 e. The average Bonchev–Trinajstić information content (AvgIpc) is 3.41. The first-order chi connectivity index (χ1) is 15.6. The monoisotopic (exact) mass is 475 g/mol. The highest BCUT2D eigenvalue weighted by molar-refractivity contribution is 6.42. The van der Waals surface area contributed by atoms with Crippen LogP contribution in [0.1, 0.15) is 11.3 Å². The zero-order valence-corrected chi connectivity index (χ0v) is 19.0. The first kappa shape index (κ1) is 19.7. The van der Waals surface area contributed by atoms with E-state index in [4.69, 9.17) is 39.8 Å². The van der Waals surface area contributed by atoms with Crippen LogP contribution in [0, 0.1) is 0 Å². The molecule has 6 aromatic rings.